The van der Waals surface area contributed by atoms with Gasteiger partial charge in [-0.2, -0.15) is 18.2 Å². The third-order valence-electron chi connectivity index (χ3n) is 5.59. The number of benzene rings is 1. The summed E-state index contributed by atoms with van der Waals surface area (Å²) in [4.78, 5) is 22.1. The molecule has 2 heterocycles. The number of hydrogen-bond acceptors (Lipinski definition) is 5. The molecule has 1 aliphatic carbocycles. The summed E-state index contributed by atoms with van der Waals surface area (Å²) in [5.41, 5.74) is -0.158. The molecule has 0 amide bonds. The van der Waals surface area contributed by atoms with Gasteiger partial charge in [0.15, 0.2) is 0 Å². The van der Waals surface area contributed by atoms with Crippen LogP contribution in [0, 0.1) is 11.8 Å². The van der Waals surface area contributed by atoms with Crippen LogP contribution in [-0.2, 0) is 19.1 Å². The molecule has 1 saturated carbocycles. The summed E-state index contributed by atoms with van der Waals surface area (Å²) in [6, 6.07) is 4.17. The Morgan fingerprint density at radius 2 is 2.03 bits per heavy atom. The topological polar surface area (TPSA) is 78.4 Å². The molecule has 0 spiro atoms. The van der Waals surface area contributed by atoms with Crippen LogP contribution >= 0.6 is 0 Å². The second-order valence-corrected chi connectivity index (χ2v) is 7.59. The van der Waals surface area contributed by atoms with E-state index in [-0.39, 0.29) is 29.9 Å². The molecule has 2 aliphatic rings. The molecule has 0 radical (unpaired) electrons. The second-order valence-electron chi connectivity index (χ2n) is 7.59. The molecular formula is C20H21F3N4O2. The molecule has 6 nitrogen and oxygen atoms in total. The number of nitrogens with one attached hydrogen (secondary N) is 1. The van der Waals surface area contributed by atoms with E-state index in [4.69, 9.17) is 0 Å². The van der Waals surface area contributed by atoms with Crippen LogP contribution in [0.25, 0.3) is 0 Å². The Kier molecular flexibility index (Phi) is 4.84. The van der Waals surface area contributed by atoms with Crippen LogP contribution in [0.1, 0.15) is 40.4 Å². The highest BCUT2D eigenvalue weighted by Crippen LogP contribution is 2.45. The van der Waals surface area contributed by atoms with Crippen molar-refractivity contribution in [2.24, 2.45) is 11.8 Å². The normalized spacial score (nSPS) is 20.5. The smallest absolute Gasteiger partial charge is 0.416 e. The molecule has 1 saturated heterocycles. The van der Waals surface area contributed by atoms with E-state index in [1.165, 1.54) is 18.7 Å². The number of carbonyl (C=O) groups is 1. The molecule has 154 valence electrons. The molecule has 2 unspecified atom stereocenters. The van der Waals surface area contributed by atoms with Gasteiger partial charge in [0, 0.05) is 25.8 Å². The van der Waals surface area contributed by atoms with E-state index in [0.717, 1.165) is 19.2 Å². The minimum Gasteiger partial charge on any atom is -0.477 e. The molecule has 1 aromatic carbocycles. The Bertz CT molecular complexity index is 938. The number of carboxylic acids is 1. The van der Waals surface area contributed by atoms with Crippen LogP contribution in [-0.4, -0.2) is 34.1 Å². The van der Waals surface area contributed by atoms with E-state index in [0.29, 0.717) is 23.3 Å². The summed E-state index contributed by atoms with van der Waals surface area (Å²) in [7, 11) is 0. The van der Waals surface area contributed by atoms with Gasteiger partial charge >= 0.3 is 12.1 Å². The van der Waals surface area contributed by atoms with Crippen molar-refractivity contribution in [3.63, 3.8) is 0 Å². The predicted octanol–water partition coefficient (Wildman–Crippen LogP) is 3.82. The first kappa shape index (κ1) is 19.5. The van der Waals surface area contributed by atoms with Gasteiger partial charge in [-0.05, 0) is 41.9 Å². The molecule has 9 heteroatoms. The Morgan fingerprint density at radius 3 is 2.66 bits per heavy atom. The molecule has 29 heavy (non-hydrogen) atoms. The van der Waals surface area contributed by atoms with Gasteiger partial charge in [0.1, 0.15) is 11.4 Å². The van der Waals surface area contributed by atoms with Crippen molar-refractivity contribution in [3.8, 4) is 0 Å². The Labute approximate surface area is 165 Å². The summed E-state index contributed by atoms with van der Waals surface area (Å²) >= 11 is 0. The number of aromatic carboxylic acids is 1. The van der Waals surface area contributed by atoms with Crippen molar-refractivity contribution in [3.05, 3.63) is 46.6 Å². The van der Waals surface area contributed by atoms with Crippen LogP contribution in [0.15, 0.2) is 24.4 Å². The number of aryl methyl sites for hydroxylation is 1. The largest absolute Gasteiger partial charge is 0.477 e. The number of aromatic nitrogens is 2. The van der Waals surface area contributed by atoms with Gasteiger partial charge in [-0.15, -0.1) is 0 Å². The molecule has 2 fully saturated rings. The molecular weight excluding hydrogens is 385 g/mol. The quantitative estimate of drug-likeness (QED) is 0.759. The lowest BCUT2D eigenvalue weighted by Crippen LogP contribution is -2.25. The van der Waals surface area contributed by atoms with Crippen molar-refractivity contribution in [1.29, 1.82) is 0 Å². The number of alkyl halides is 3. The minimum absolute atomic E-state index is 0.0229. The van der Waals surface area contributed by atoms with E-state index >= 15 is 0 Å². The summed E-state index contributed by atoms with van der Waals surface area (Å²) in [6.07, 6.45) is -1.70. The highest BCUT2D eigenvalue weighted by atomic mass is 19.4. The van der Waals surface area contributed by atoms with Gasteiger partial charge in [-0.25, -0.2) is 9.78 Å². The standard InChI is InChI=1S/C20H21F3N4O2/c1-2-12-4-3-11(5-16(12)20(21,22)23)7-24-17-15(18(28)29)8-25-19(26-17)27-9-13-6-14(13)10-27/h3-5,8,13-14H,2,6-7,9-10H2,1H3,(H,28,29)(H,24,25,26). The van der Waals surface area contributed by atoms with E-state index in [1.807, 2.05) is 4.90 Å². The van der Waals surface area contributed by atoms with Gasteiger partial charge < -0.3 is 15.3 Å². The third kappa shape index (κ3) is 3.99. The fraction of sp³-hybridized carbons (Fsp3) is 0.450. The lowest BCUT2D eigenvalue weighted by Gasteiger charge is -2.19. The fourth-order valence-corrected chi connectivity index (χ4v) is 3.87. The lowest BCUT2D eigenvalue weighted by molar-refractivity contribution is -0.138. The van der Waals surface area contributed by atoms with Gasteiger partial charge in [0.25, 0.3) is 0 Å². The maximum atomic E-state index is 13.3. The van der Waals surface area contributed by atoms with Gasteiger partial charge in [0.2, 0.25) is 5.95 Å². The average molecular weight is 406 g/mol. The van der Waals surface area contributed by atoms with E-state index in [9.17, 15) is 23.1 Å². The predicted molar refractivity (Wildman–Crippen MR) is 101 cm³/mol. The maximum absolute atomic E-state index is 13.3. The SMILES string of the molecule is CCc1ccc(CNc2nc(N3CC4CC4C3)ncc2C(=O)O)cc1C(F)(F)F. The Hall–Kier alpha value is -2.84. The molecule has 4 rings (SSSR count). The number of halogens is 3. The summed E-state index contributed by atoms with van der Waals surface area (Å²) in [5, 5.41) is 12.3. The van der Waals surface area contributed by atoms with E-state index in [2.05, 4.69) is 15.3 Å². The van der Waals surface area contributed by atoms with Crippen LogP contribution in [0.3, 0.4) is 0 Å². The first-order valence-electron chi connectivity index (χ1n) is 9.54. The number of hydrogen-bond donors (Lipinski definition) is 2. The fourth-order valence-electron chi connectivity index (χ4n) is 3.87. The van der Waals surface area contributed by atoms with Crippen molar-refractivity contribution >= 4 is 17.7 Å². The number of nitrogens with zero attached hydrogens (tertiary/aromatic N) is 3. The van der Waals surface area contributed by atoms with Crippen LogP contribution in [0.4, 0.5) is 24.9 Å². The van der Waals surface area contributed by atoms with Crippen molar-refractivity contribution in [1.82, 2.24) is 9.97 Å². The zero-order valence-corrected chi connectivity index (χ0v) is 15.8. The van der Waals surface area contributed by atoms with E-state index < -0.39 is 17.7 Å². The van der Waals surface area contributed by atoms with Crippen molar-refractivity contribution in [2.45, 2.75) is 32.5 Å². The van der Waals surface area contributed by atoms with E-state index in [1.54, 1.807) is 13.0 Å². The van der Waals surface area contributed by atoms with Gasteiger partial charge in [-0.3, -0.25) is 0 Å². The molecule has 2 aromatic rings. The molecule has 2 N–H and O–H groups in total. The number of carboxylic acid groups (broad SMARTS) is 1. The average Bonchev–Trinajstić information content (AvgIpc) is 3.30. The highest BCUT2D eigenvalue weighted by molar-refractivity contribution is 5.93. The number of anilines is 2. The number of piperidine rings is 1. The summed E-state index contributed by atoms with van der Waals surface area (Å²) in [6.45, 7) is 3.40. The zero-order valence-electron chi connectivity index (χ0n) is 15.8. The first-order chi connectivity index (χ1) is 13.8. The monoisotopic (exact) mass is 406 g/mol. The molecule has 1 aromatic heterocycles. The summed E-state index contributed by atoms with van der Waals surface area (Å²) < 4.78 is 39.9. The van der Waals surface area contributed by atoms with Crippen LogP contribution in [0.2, 0.25) is 0 Å². The zero-order chi connectivity index (χ0) is 20.8. The lowest BCUT2D eigenvalue weighted by atomic mass is 10.0. The number of rotatable bonds is 6. The van der Waals surface area contributed by atoms with Gasteiger partial charge in [-0.1, -0.05) is 19.1 Å². The number of fused-ring (bicyclic) bond motifs is 1. The summed E-state index contributed by atoms with van der Waals surface area (Å²) in [5.74, 6) is 0.679. The van der Waals surface area contributed by atoms with Crippen LogP contribution in [0.5, 0.6) is 0 Å². The molecule has 2 atom stereocenters. The van der Waals surface area contributed by atoms with Crippen molar-refractivity contribution < 1.29 is 23.1 Å². The van der Waals surface area contributed by atoms with Gasteiger partial charge in [0.05, 0.1) is 5.56 Å². The molecule has 1 aliphatic heterocycles. The Morgan fingerprint density at radius 1 is 1.31 bits per heavy atom. The minimum atomic E-state index is -4.44. The third-order valence-corrected chi connectivity index (χ3v) is 5.59. The van der Waals surface area contributed by atoms with Crippen molar-refractivity contribution in [2.75, 3.05) is 23.3 Å². The first-order valence-corrected chi connectivity index (χ1v) is 9.54. The maximum Gasteiger partial charge on any atom is 0.416 e. The second kappa shape index (κ2) is 7.20. The Balaban J connectivity index is 1.56. The molecule has 0 bridgehead atoms. The van der Waals surface area contributed by atoms with Crippen LogP contribution < -0.4 is 10.2 Å². The highest BCUT2D eigenvalue weighted by Gasteiger charge is 2.46.